The molecule has 0 saturated heterocycles. The van der Waals surface area contributed by atoms with Crippen molar-refractivity contribution in [1.82, 2.24) is 5.32 Å². The van der Waals surface area contributed by atoms with Gasteiger partial charge >= 0.3 is 5.97 Å². The standard InChI is InChI=1S/C26H41NO3.ClH/c1-25-13-12-18(28)14-16(25)8-9-19-20-10-11-21(24(29)30)26(20,2)15-22(23(19)25)27-17-6-4-3-5-7-17;/h16-17,19-23,27H,3-15H2,1-2H3,(H,29,30);1H/t16?,19-,20-,21?,22?,23-,25-,26-;/m0./s1. The molecule has 176 valence electrons. The van der Waals surface area contributed by atoms with Crippen molar-refractivity contribution in [2.75, 3.05) is 0 Å². The van der Waals surface area contributed by atoms with Crippen LogP contribution in [0.3, 0.4) is 0 Å². The van der Waals surface area contributed by atoms with Gasteiger partial charge < -0.3 is 10.4 Å². The number of carboxylic acids is 1. The van der Waals surface area contributed by atoms with Crippen LogP contribution in [0.2, 0.25) is 0 Å². The number of hydrogen-bond acceptors (Lipinski definition) is 3. The van der Waals surface area contributed by atoms with E-state index in [4.69, 9.17) is 0 Å². The van der Waals surface area contributed by atoms with E-state index >= 15 is 0 Å². The van der Waals surface area contributed by atoms with Crippen LogP contribution >= 0.6 is 12.4 Å². The number of carbonyl (C=O) groups excluding carboxylic acids is 1. The highest BCUT2D eigenvalue weighted by Gasteiger charge is 2.64. The summed E-state index contributed by atoms with van der Waals surface area (Å²) in [5, 5.41) is 14.2. The van der Waals surface area contributed by atoms with Gasteiger partial charge in [0.25, 0.3) is 0 Å². The summed E-state index contributed by atoms with van der Waals surface area (Å²) in [5.74, 6) is 2.04. The van der Waals surface area contributed by atoms with Gasteiger partial charge in [-0.15, -0.1) is 12.4 Å². The Morgan fingerprint density at radius 2 is 1.74 bits per heavy atom. The van der Waals surface area contributed by atoms with Gasteiger partial charge in [0.2, 0.25) is 0 Å². The maximum atomic E-state index is 12.3. The first-order valence-electron chi connectivity index (χ1n) is 12.8. The van der Waals surface area contributed by atoms with Crippen molar-refractivity contribution in [3.8, 4) is 0 Å². The van der Waals surface area contributed by atoms with Crippen LogP contribution < -0.4 is 5.32 Å². The van der Waals surface area contributed by atoms with Gasteiger partial charge in [-0.05, 0) is 85.9 Å². The number of Topliss-reactive ketones (excluding diaryl/α,β-unsaturated/α-hetero) is 1. The predicted molar refractivity (Wildman–Crippen MR) is 124 cm³/mol. The van der Waals surface area contributed by atoms with Crippen LogP contribution in [0, 0.1) is 40.4 Å². The van der Waals surface area contributed by atoms with Crippen LogP contribution in [0.15, 0.2) is 0 Å². The summed E-state index contributed by atoms with van der Waals surface area (Å²) < 4.78 is 0. The highest BCUT2D eigenvalue weighted by Crippen LogP contribution is 2.67. The number of carboxylic acid groups (broad SMARTS) is 1. The lowest BCUT2D eigenvalue weighted by atomic mass is 9.43. The number of nitrogens with one attached hydrogen (secondary N) is 1. The zero-order valence-electron chi connectivity index (χ0n) is 19.4. The van der Waals surface area contributed by atoms with Crippen LogP contribution in [0.25, 0.3) is 0 Å². The number of fused-ring (bicyclic) bond motifs is 5. The van der Waals surface area contributed by atoms with Crippen LogP contribution in [-0.2, 0) is 9.59 Å². The van der Waals surface area contributed by atoms with Gasteiger partial charge in [0.15, 0.2) is 0 Å². The molecule has 5 aliphatic rings. The first-order chi connectivity index (χ1) is 14.3. The van der Waals surface area contributed by atoms with E-state index in [1.54, 1.807) is 0 Å². The van der Waals surface area contributed by atoms with Crippen molar-refractivity contribution >= 4 is 24.2 Å². The number of hydrogen-bond donors (Lipinski definition) is 2. The summed E-state index contributed by atoms with van der Waals surface area (Å²) in [7, 11) is 0. The Bertz CT molecular complexity index is 707. The monoisotopic (exact) mass is 451 g/mol. The number of ketones is 1. The first kappa shape index (κ1) is 23.5. The van der Waals surface area contributed by atoms with Gasteiger partial charge in [-0.3, -0.25) is 9.59 Å². The van der Waals surface area contributed by atoms with Gasteiger partial charge in [0.1, 0.15) is 5.78 Å². The second-order valence-electron chi connectivity index (χ2n) is 12.1. The molecule has 5 heteroatoms. The average Bonchev–Trinajstić information content (AvgIpc) is 3.06. The smallest absolute Gasteiger partial charge is 0.307 e. The molecule has 5 aliphatic carbocycles. The molecule has 5 saturated carbocycles. The van der Waals surface area contributed by atoms with Gasteiger partial charge in [0, 0.05) is 24.9 Å². The van der Waals surface area contributed by atoms with Crippen molar-refractivity contribution in [3.63, 3.8) is 0 Å². The van der Waals surface area contributed by atoms with Crippen LogP contribution in [0.4, 0.5) is 0 Å². The van der Waals surface area contributed by atoms with E-state index in [0.717, 1.165) is 38.5 Å². The third-order valence-corrected chi connectivity index (χ3v) is 10.8. The van der Waals surface area contributed by atoms with E-state index in [2.05, 4.69) is 19.2 Å². The Morgan fingerprint density at radius 1 is 1.00 bits per heavy atom. The van der Waals surface area contributed by atoms with E-state index in [9.17, 15) is 14.7 Å². The molecule has 0 heterocycles. The minimum atomic E-state index is -0.571. The molecule has 0 aromatic heterocycles. The maximum Gasteiger partial charge on any atom is 0.307 e. The molecule has 0 aromatic carbocycles. The second kappa shape index (κ2) is 8.63. The van der Waals surface area contributed by atoms with Crippen molar-refractivity contribution < 1.29 is 14.7 Å². The molecule has 8 atom stereocenters. The fourth-order valence-electron chi connectivity index (χ4n) is 9.37. The zero-order chi connectivity index (χ0) is 21.1. The summed E-state index contributed by atoms with van der Waals surface area (Å²) in [6.45, 7) is 4.82. The summed E-state index contributed by atoms with van der Waals surface area (Å²) in [4.78, 5) is 24.5. The Balaban J connectivity index is 0.00000231. The third kappa shape index (κ3) is 3.78. The molecule has 5 fully saturated rings. The molecule has 0 radical (unpaired) electrons. The van der Waals surface area contributed by atoms with Crippen LogP contribution in [-0.4, -0.2) is 28.9 Å². The maximum absolute atomic E-state index is 12.3. The van der Waals surface area contributed by atoms with Gasteiger partial charge in [-0.25, -0.2) is 0 Å². The molecule has 5 rings (SSSR count). The number of carbonyl (C=O) groups is 2. The topological polar surface area (TPSA) is 66.4 Å². The number of rotatable bonds is 3. The average molecular weight is 452 g/mol. The molecule has 31 heavy (non-hydrogen) atoms. The van der Waals surface area contributed by atoms with E-state index in [1.165, 1.54) is 44.9 Å². The van der Waals surface area contributed by atoms with Gasteiger partial charge in [-0.1, -0.05) is 33.1 Å². The largest absolute Gasteiger partial charge is 0.481 e. The molecule has 2 N–H and O–H groups in total. The van der Waals surface area contributed by atoms with Crippen LogP contribution in [0.5, 0.6) is 0 Å². The highest BCUT2D eigenvalue weighted by atomic mass is 35.5. The molecule has 3 unspecified atom stereocenters. The van der Waals surface area contributed by atoms with Crippen molar-refractivity contribution in [3.05, 3.63) is 0 Å². The van der Waals surface area contributed by atoms with E-state index < -0.39 is 5.97 Å². The molecule has 0 bridgehead atoms. The van der Waals surface area contributed by atoms with Crippen molar-refractivity contribution in [2.24, 2.45) is 40.4 Å². The molecular formula is C26H42ClNO3. The normalized spacial score (nSPS) is 47.6. The molecular weight excluding hydrogens is 410 g/mol. The lowest BCUT2D eigenvalue weighted by molar-refractivity contribution is -0.159. The predicted octanol–water partition coefficient (Wildman–Crippen LogP) is 5.62. The first-order valence-corrected chi connectivity index (χ1v) is 12.8. The molecule has 0 aromatic rings. The van der Waals surface area contributed by atoms with Crippen molar-refractivity contribution in [1.29, 1.82) is 0 Å². The lowest BCUT2D eigenvalue weighted by Gasteiger charge is -2.63. The fraction of sp³-hybridized carbons (Fsp3) is 0.923. The Morgan fingerprint density at radius 3 is 2.45 bits per heavy atom. The molecule has 0 aliphatic heterocycles. The summed E-state index contributed by atoms with van der Waals surface area (Å²) in [6, 6.07) is 1.02. The minimum absolute atomic E-state index is 0. The van der Waals surface area contributed by atoms with E-state index in [1.807, 2.05) is 0 Å². The van der Waals surface area contributed by atoms with Gasteiger partial charge in [0.05, 0.1) is 5.92 Å². The second-order valence-corrected chi connectivity index (χ2v) is 12.1. The SMILES string of the molecule is C[C@]12CCC(=O)CC1CC[C@@H]1[C@H]2C(NC2CCCCC2)C[C@]2(C)C(C(=O)O)CC[C@@H]12.Cl. The van der Waals surface area contributed by atoms with Gasteiger partial charge in [-0.2, -0.15) is 0 Å². The van der Waals surface area contributed by atoms with E-state index in [0.29, 0.717) is 41.5 Å². The van der Waals surface area contributed by atoms with E-state index in [-0.39, 0.29) is 29.2 Å². The lowest BCUT2D eigenvalue weighted by Crippen LogP contribution is -2.63. The Kier molecular flexibility index (Phi) is 6.55. The molecule has 4 nitrogen and oxygen atoms in total. The quantitative estimate of drug-likeness (QED) is 0.584. The fourth-order valence-corrected chi connectivity index (χ4v) is 9.37. The Hall–Kier alpha value is -0.610. The third-order valence-electron chi connectivity index (χ3n) is 10.8. The summed E-state index contributed by atoms with van der Waals surface area (Å²) in [6.07, 6.45) is 14.5. The van der Waals surface area contributed by atoms with Crippen LogP contribution in [0.1, 0.15) is 97.3 Å². The molecule has 0 amide bonds. The minimum Gasteiger partial charge on any atom is -0.481 e. The number of halogens is 1. The summed E-state index contributed by atoms with van der Waals surface area (Å²) >= 11 is 0. The Labute approximate surface area is 194 Å². The summed E-state index contributed by atoms with van der Waals surface area (Å²) in [5.41, 5.74) is 0.165. The number of aliphatic carboxylic acids is 1. The molecule has 0 spiro atoms. The zero-order valence-corrected chi connectivity index (χ0v) is 20.2. The highest BCUT2D eigenvalue weighted by molar-refractivity contribution is 5.85. The van der Waals surface area contributed by atoms with Crippen molar-refractivity contribution in [2.45, 2.75) is 109 Å².